The summed E-state index contributed by atoms with van der Waals surface area (Å²) in [6.07, 6.45) is 0. The highest BCUT2D eigenvalue weighted by Crippen LogP contribution is 2.27. The van der Waals surface area contributed by atoms with E-state index in [0.717, 1.165) is 11.1 Å². The second kappa shape index (κ2) is 6.85. The molecule has 0 aliphatic carbocycles. The first-order valence-corrected chi connectivity index (χ1v) is 6.90. The number of nitrogens with two attached hydrogens (primary N) is 1. The van der Waals surface area contributed by atoms with E-state index in [-0.39, 0.29) is 5.91 Å². The summed E-state index contributed by atoms with van der Waals surface area (Å²) in [7, 11) is 3.16. The molecule has 0 spiro atoms. The van der Waals surface area contributed by atoms with E-state index in [1.54, 1.807) is 26.4 Å². The molecule has 0 aliphatic heterocycles. The number of aryl methyl sites for hydroxylation is 1. The van der Waals surface area contributed by atoms with Gasteiger partial charge in [0.1, 0.15) is 0 Å². The molecule has 1 amide bonds. The molecule has 0 bridgehead atoms. The summed E-state index contributed by atoms with van der Waals surface area (Å²) >= 11 is 0. The Morgan fingerprint density at radius 1 is 1.09 bits per heavy atom. The van der Waals surface area contributed by atoms with E-state index in [9.17, 15) is 4.79 Å². The third-order valence-corrected chi connectivity index (χ3v) is 3.44. The van der Waals surface area contributed by atoms with Crippen molar-refractivity contribution in [2.45, 2.75) is 13.5 Å². The van der Waals surface area contributed by atoms with Crippen molar-refractivity contribution < 1.29 is 14.3 Å². The minimum atomic E-state index is -0.165. The molecular weight excluding hydrogens is 280 g/mol. The van der Waals surface area contributed by atoms with E-state index in [0.29, 0.717) is 29.3 Å². The molecule has 0 saturated carbocycles. The topological polar surface area (TPSA) is 73.6 Å². The van der Waals surface area contributed by atoms with Gasteiger partial charge in [-0.05, 0) is 42.3 Å². The summed E-state index contributed by atoms with van der Waals surface area (Å²) in [6, 6.07) is 10.8. The van der Waals surface area contributed by atoms with Crippen molar-refractivity contribution in [1.29, 1.82) is 0 Å². The molecule has 2 aromatic rings. The van der Waals surface area contributed by atoms with E-state index < -0.39 is 0 Å². The first-order valence-electron chi connectivity index (χ1n) is 6.90. The van der Waals surface area contributed by atoms with Crippen LogP contribution in [0.15, 0.2) is 36.4 Å². The van der Waals surface area contributed by atoms with Gasteiger partial charge in [0.15, 0.2) is 11.5 Å². The van der Waals surface area contributed by atoms with Crippen molar-refractivity contribution >= 4 is 11.6 Å². The fourth-order valence-corrected chi connectivity index (χ4v) is 2.06. The zero-order valence-corrected chi connectivity index (χ0v) is 13.0. The predicted molar refractivity (Wildman–Crippen MR) is 86.3 cm³/mol. The molecule has 0 atom stereocenters. The molecule has 116 valence electrons. The Labute approximate surface area is 130 Å². The highest BCUT2D eigenvalue weighted by Gasteiger charge is 2.08. The normalized spacial score (nSPS) is 10.1. The van der Waals surface area contributed by atoms with Gasteiger partial charge in [0, 0.05) is 17.8 Å². The average molecular weight is 300 g/mol. The van der Waals surface area contributed by atoms with Crippen molar-refractivity contribution in [3.8, 4) is 11.5 Å². The Balaban J connectivity index is 2.06. The van der Waals surface area contributed by atoms with Crippen LogP contribution in [0.1, 0.15) is 21.5 Å². The number of rotatable bonds is 5. The van der Waals surface area contributed by atoms with Crippen molar-refractivity contribution in [3.63, 3.8) is 0 Å². The molecule has 0 aliphatic rings. The maximum atomic E-state index is 12.1. The predicted octanol–water partition coefficient (Wildman–Crippen LogP) is 2.52. The fourth-order valence-electron chi connectivity index (χ4n) is 2.06. The molecule has 0 heterocycles. The zero-order chi connectivity index (χ0) is 16.1. The fraction of sp³-hybridized carbons (Fsp3) is 0.235. The van der Waals surface area contributed by atoms with Gasteiger partial charge in [-0.2, -0.15) is 0 Å². The molecule has 5 nitrogen and oxygen atoms in total. The lowest BCUT2D eigenvalue weighted by Crippen LogP contribution is -2.23. The largest absolute Gasteiger partial charge is 0.493 e. The number of carbonyl (C=O) groups excluding carboxylic acids is 1. The van der Waals surface area contributed by atoms with E-state index in [1.165, 1.54) is 0 Å². The van der Waals surface area contributed by atoms with Crippen molar-refractivity contribution in [2.75, 3.05) is 20.0 Å². The van der Waals surface area contributed by atoms with Gasteiger partial charge in [0.2, 0.25) is 0 Å². The molecule has 3 N–H and O–H groups in total. The van der Waals surface area contributed by atoms with Crippen LogP contribution in [0, 0.1) is 6.92 Å². The van der Waals surface area contributed by atoms with E-state index in [2.05, 4.69) is 5.32 Å². The standard InChI is InChI=1S/C17H20N2O3/c1-11-4-6-13(9-14(11)18)17(20)19-10-12-5-7-15(21-2)16(8-12)22-3/h4-9H,10,18H2,1-3H3,(H,19,20). The highest BCUT2D eigenvalue weighted by atomic mass is 16.5. The number of nitrogens with one attached hydrogen (secondary N) is 1. The van der Waals surface area contributed by atoms with Crippen LogP contribution in [-0.4, -0.2) is 20.1 Å². The van der Waals surface area contributed by atoms with Gasteiger partial charge < -0.3 is 20.5 Å². The number of benzene rings is 2. The van der Waals surface area contributed by atoms with Crippen molar-refractivity contribution in [1.82, 2.24) is 5.32 Å². The zero-order valence-electron chi connectivity index (χ0n) is 13.0. The molecular formula is C17H20N2O3. The molecule has 2 aromatic carbocycles. The lowest BCUT2D eigenvalue weighted by atomic mass is 10.1. The molecule has 0 aromatic heterocycles. The average Bonchev–Trinajstić information content (AvgIpc) is 2.54. The molecule has 2 rings (SSSR count). The van der Waals surface area contributed by atoms with E-state index >= 15 is 0 Å². The Hall–Kier alpha value is -2.69. The van der Waals surface area contributed by atoms with Gasteiger partial charge in [-0.3, -0.25) is 4.79 Å². The maximum absolute atomic E-state index is 12.1. The first-order chi connectivity index (χ1) is 10.5. The number of hydrogen-bond acceptors (Lipinski definition) is 4. The smallest absolute Gasteiger partial charge is 0.251 e. The maximum Gasteiger partial charge on any atom is 0.251 e. The Morgan fingerprint density at radius 2 is 1.82 bits per heavy atom. The summed E-state index contributed by atoms with van der Waals surface area (Å²) in [4.78, 5) is 12.1. The van der Waals surface area contributed by atoms with Crippen LogP contribution in [0.3, 0.4) is 0 Å². The minimum Gasteiger partial charge on any atom is -0.493 e. The summed E-state index contributed by atoms with van der Waals surface area (Å²) in [5, 5.41) is 2.86. The number of anilines is 1. The van der Waals surface area contributed by atoms with Gasteiger partial charge in [0.05, 0.1) is 14.2 Å². The minimum absolute atomic E-state index is 0.165. The third-order valence-electron chi connectivity index (χ3n) is 3.44. The molecule has 5 heteroatoms. The number of nitrogen functional groups attached to an aromatic ring is 1. The van der Waals surface area contributed by atoms with Gasteiger partial charge in [-0.15, -0.1) is 0 Å². The van der Waals surface area contributed by atoms with Crippen molar-refractivity contribution in [3.05, 3.63) is 53.1 Å². The molecule has 0 fully saturated rings. The first kappa shape index (κ1) is 15.7. The second-order valence-corrected chi connectivity index (χ2v) is 4.94. The van der Waals surface area contributed by atoms with Crippen molar-refractivity contribution in [2.24, 2.45) is 0 Å². The summed E-state index contributed by atoms with van der Waals surface area (Å²) in [6.45, 7) is 2.30. The van der Waals surface area contributed by atoms with E-state index in [1.807, 2.05) is 31.2 Å². The van der Waals surface area contributed by atoms with Crippen LogP contribution in [0.25, 0.3) is 0 Å². The Morgan fingerprint density at radius 3 is 2.45 bits per heavy atom. The SMILES string of the molecule is COc1ccc(CNC(=O)c2ccc(C)c(N)c2)cc1OC. The van der Waals surface area contributed by atoms with Crippen LogP contribution < -0.4 is 20.5 Å². The molecule has 0 radical (unpaired) electrons. The van der Waals surface area contributed by atoms with Crippen LogP contribution >= 0.6 is 0 Å². The number of carbonyl (C=O) groups is 1. The molecule has 22 heavy (non-hydrogen) atoms. The van der Waals surface area contributed by atoms with Gasteiger partial charge in [-0.1, -0.05) is 12.1 Å². The Bertz CT molecular complexity index is 684. The molecule has 0 saturated heterocycles. The van der Waals surface area contributed by atoms with Gasteiger partial charge in [-0.25, -0.2) is 0 Å². The summed E-state index contributed by atoms with van der Waals surface area (Å²) < 4.78 is 10.4. The van der Waals surface area contributed by atoms with E-state index in [4.69, 9.17) is 15.2 Å². The number of hydrogen-bond donors (Lipinski definition) is 2. The lowest BCUT2D eigenvalue weighted by Gasteiger charge is -2.11. The van der Waals surface area contributed by atoms with Crippen LogP contribution in [0.5, 0.6) is 11.5 Å². The monoisotopic (exact) mass is 300 g/mol. The second-order valence-electron chi connectivity index (χ2n) is 4.94. The van der Waals surface area contributed by atoms with Crippen LogP contribution in [-0.2, 0) is 6.54 Å². The summed E-state index contributed by atoms with van der Waals surface area (Å²) in [5.41, 5.74) is 8.86. The Kier molecular flexibility index (Phi) is 4.88. The number of methoxy groups -OCH3 is 2. The highest BCUT2D eigenvalue weighted by molar-refractivity contribution is 5.95. The van der Waals surface area contributed by atoms with Gasteiger partial charge in [0.25, 0.3) is 5.91 Å². The summed E-state index contributed by atoms with van der Waals surface area (Å²) in [5.74, 6) is 1.12. The molecule has 0 unspecified atom stereocenters. The number of ether oxygens (including phenoxy) is 2. The van der Waals surface area contributed by atoms with Crippen LogP contribution in [0.2, 0.25) is 0 Å². The van der Waals surface area contributed by atoms with Crippen LogP contribution in [0.4, 0.5) is 5.69 Å². The number of amides is 1. The lowest BCUT2D eigenvalue weighted by molar-refractivity contribution is 0.0951. The third kappa shape index (κ3) is 3.49. The quantitative estimate of drug-likeness (QED) is 0.832. The van der Waals surface area contributed by atoms with Gasteiger partial charge >= 0.3 is 0 Å².